The van der Waals surface area contributed by atoms with Gasteiger partial charge in [0.1, 0.15) is 0 Å². The van der Waals surface area contributed by atoms with Crippen molar-refractivity contribution in [2.24, 2.45) is 11.7 Å². The standard InChI is InChI=1S/C16H26N2O/c1-4-6-9-13(5-2)16(19)18(3)15-11-8-7-10-14(15)12-17/h7-8,10-11,13H,4-6,9,12,17H2,1-3H3. The van der Waals surface area contributed by atoms with Crippen molar-refractivity contribution in [1.82, 2.24) is 0 Å². The topological polar surface area (TPSA) is 46.3 Å². The zero-order chi connectivity index (χ0) is 14.3. The summed E-state index contributed by atoms with van der Waals surface area (Å²) in [6.07, 6.45) is 4.11. The molecule has 0 spiro atoms. The van der Waals surface area contributed by atoms with Gasteiger partial charge in [-0.1, -0.05) is 44.9 Å². The lowest BCUT2D eigenvalue weighted by atomic mass is 9.97. The molecule has 2 N–H and O–H groups in total. The van der Waals surface area contributed by atoms with E-state index in [1.54, 1.807) is 4.90 Å². The Hall–Kier alpha value is -1.35. The maximum absolute atomic E-state index is 12.5. The van der Waals surface area contributed by atoms with Crippen molar-refractivity contribution in [3.8, 4) is 0 Å². The number of unbranched alkanes of at least 4 members (excludes halogenated alkanes) is 1. The van der Waals surface area contributed by atoms with Crippen molar-refractivity contribution < 1.29 is 4.79 Å². The lowest BCUT2D eigenvalue weighted by Crippen LogP contribution is -2.33. The summed E-state index contributed by atoms with van der Waals surface area (Å²) in [5.41, 5.74) is 7.69. The van der Waals surface area contributed by atoms with Crippen LogP contribution in [0.15, 0.2) is 24.3 Å². The molecule has 0 fully saturated rings. The molecular formula is C16H26N2O. The number of rotatable bonds is 7. The van der Waals surface area contributed by atoms with E-state index in [1.165, 1.54) is 0 Å². The van der Waals surface area contributed by atoms with Gasteiger partial charge < -0.3 is 10.6 Å². The summed E-state index contributed by atoms with van der Waals surface area (Å²) in [5.74, 6) is 0.327. The molecule has 19 heavy (non-hydrogen) atoms. The van der Waals surface area contributed by atoms with E-state index in [1.807, 2.05) is 31.3 Å². The van der Waals surface area contributed by atoms with E-state index in [4.69, 9.17) is 5.73 Å². The fraction of sp³-hybridized carbons (Fsp3) is 0.562. The zero-order valence-electron chi connectivity index (χ0n) is 12.4. The molecule has 3 heteroatoms. The summed E-state index contributed by atoms with van der Waals surface area (Å²) in [6.45, 7) is 4.70. The van der Waals surface area contributed by atoms with Crippen LogP contribution in [-0.4, -0.2) is 13.0 Å². The molecule has 1 aromatic rings. The average Bonchev–Trinajstić information content (AvgIpc) is 2.46. The van der Waals surface area contributed by atoms with Gasteiger partial charge in [-0.15, -0.1) is 0 Å². The second-order valence-electron chi connectivity index (χ2n) is 4.98. The number of anilines is 1. The van der Waals surface area contributed by atoms with E-state index >= 15 is 0 Å². The lowest BCUT2D eigenvalue weighted by molar-refractivity contribution is -0.122. The quantitative estimate of drug-likeness (QED) is 0.819. The Kier molecular flexibility index (Phi) is 6.57. The number of hydrogen-bond donors (Lipinski definition) is 1. The third-order valence-electron chi connectivity index (χ3n) is 3.65. The van der Waals surface area contributed by atoms with E-state index < -0.39 is 0 Å². The molecule has 3 nitrogen and oxygen atoms in total. The molecule has 1 atom stereocenters. The molecule has 0 aromatic heterocycles. The molecule has 0 aliphatic rings. The second-order valence-corrected chi connectivity index (χ2v) is 4.98. The van der Waals surface area contributed by atoms with E-state index in [0.717, 1.165) is 36.9 Å². The molecule has 1 aromatic carbocycles. The van der Waals surface area contributed by atoms with E-state index in [9.17, 15) is 4.79 Å². The summed E-state index contributed by atoms with van der Waals surface area (Å²) in [5, 5.41) is 0. The van der Waals surface area contributed by atoms with Crippen LogP contribution in [0.3, 0.4) is 0 Å². The predicted molar refractivity (Wildman–Crippen MR) is 81.0 cm³/mol. The molecular weight excluding hydrogens is 236 g/mol. The maximum Gasteiger partial charge on any atom is 0.229 e. The minimum Gasteiger partial charge on any atom is -0.326 e. The molecule has 0 aliphatic heterocycles. The first kappa shape index (κ1) is 15.7. The number of nitrogens with zero attached hydrogens (tertiary/aromatic N) is 1. The molecule has 0 radical (unpaired) electrons. The number of amides is 1. The van der Waals surface area contributed by atoms with Gasteiger partial charge in [-0.2, -0.15) is 0 Å². The smallest absolute Gasteiger partial charge is 0.229 e. The molecule has 0 saturated heterocycles. The Morgan fingerprint density at radius 2 is 2.00 bits per heavy atom. The zero-order valence-corrected chi connectivity index (χ0v) is 12.4. The van der Waals surface area contributed by atoms with Gasteiger partial charge in [-0.3, -0.25) is 4.79 Å². The van der Waals surface area contributed by atoms with Gasteiger partial charge in [-0.05, 0) is 24.5 Å². The van der Waals surface area contributed by atoms with Crippen molar-refractivity contribution >= 4 is 11.6 Å². The summed E-state index contributed by atoms with van der Waals surface area (Å²) >= 11 is 0. The number of hydrogen-bond acceptors (Lipinski definition) is 2. The average molecular weight is 262 g/mol. The summed E-state index contributed by atoms with van der Waals surface area (Å²) in [6, 6.07) is 7.85. The first-order valence-electron chi connectivity index (χ1n) is 7.21. The Morgan fingerprint density at radius 1 is 1.32 bits per heavy atom. The molecule has 0 saturated carbocycles. The van der Waals surface area contributed by atoms with E-state index in [0.29, 0.717) is 6.54 Å². The van der Waals surface area contributed by atoms with Crippen LogP contribution in [0.5, 0.6) is 0 Å². The highest BCUT2D eigenvalue weighted by atomic mass is 16.2. The van der Waals surface area contributed by atoms with Crippen LogP contribution < -0.4 is 10.6 Å². The molecule has 0 heterocycles. The Balaban J connectivity index is 2.85. The largest absolute Gasteiger partial charge is 0.326 e. The SMILES string of the molecule is CCCCC(CC)C(=O)N(C)c1ccccc1CN. The van der Waals surface area contributed by atoms with Gasteiger partial charge in [0, 0.05) is 25.2 Å². The number of benzene rings is 1. The fourth-order valence-electron chi connectivity index (χ4n) is 2.36. The maximum atomic E-state index is 12.5. The van der Waals surface area contributed by atoms with Crippen LogP contribution in [0.4, 0.5) is 5.69 Å². The first-order chi connectivity index (χ1) is 9.15. The summed E-state index contributed by atoms with van der Waals surface area (Å²) < 4.78 is 0. The van der Waals surface area contributed by atoms with Crippen LogP contribution in [0, 0.1) is 5.92 Å². The van der Waals surface area contributed by atoms with Gasteiger partial charge in [0.25, 0.3) is 0 Å². The van der Waals surface area contributed by atoms with Crippen LogP contribution in [0.25, 0.3) is 0 Å². The Bertz CT molecular complexity index is 403. The normalized spacial score (nSPS) is 12.2. The first-order valence-corrected chi connectivity index (χ1v) is 7.21. The molecule has 1 unspecified atom stereocenters. The minimum atomic E-state index is 0.121. The third-order valence-corrected chi connectivity index (χ3v) is 3.65. The van der Waals surface area contributed by atoms with Crippen molar-refractivity contribution in [3.63, 3.8) is 0 Å². The number of para-hydroxylation sites is 1. The number of nitrogens with two attached hydrogens (primary N) is 1. The Labute approximate surface area is 116 Å². The van der Waals surface area contributed by atoms with Crippen LogP contribution >= 0.6 is 0 Å². The van der Waals surface area contributed by atoms with Gasteiger partial charge in [0.05, 0.1) is 0 Å². The molecule has 0 aliphatic carbocycles. The van der Waals surface area contributed by atoms with Crippen LogP contribution in [0.2, 0.25) is 0 Å². The molecule has 1 amide bonds. The highest BCUT2D eigenvalue weighted by Crippen LogP contribution is 2.23. The lowest BCUT2D eigenvalue weighted by Gasteiger charge is -2.25. The summed E-state index contributed by atoms with van der Waals surface area (Å²) in [4.78, 5) is 14.3. The highest BCUT2D eigenvalue weighted by molar-refractivity contribution is 5.95. The van der Waals surface area contributed by atoms with E-state index in [-0.39, 0.29) is 11.8 Å². The van der Waals surface area contributed by atoms with Gasteiger partial charge >= 0.3 is 0 Å². The van der Waals surface area contributed by atoms with Crippen LogP contribution in [0.1, 0.15) is 45.1 Å². The van der Waals surface area contributed by atoms with Crippen molar-refractivity contribution in [2.45, 2.75) is 46.1 Å². The minimum absolute atomic E-state index is 0.121. The van der Waals surface area contributed by atoms with Gasteiger partial charge in [0.15, 0.2) is 0 Å². The monoisotopic (exact) mass is 262 g/mol. The Morgan fingerprint density at radius 3 is 2.58 bits per heavy atom. The predicted octanol–water partition coefficient (Wildman–Crippen LogP) is 3.32. The second kappa shape index (κ2) is 7.95. The van der Waals surface area contributed by atoms with Gasteiger partial charge in [-0.25, -0.2) is 0 Å². The van der Waals surface area contributed by atoms with Gasteiger partial charge in [0.2, 0.25) is 5.91 Å². The number of carbonyl (C=O) groups excluding carboxylic acids is 1. The highest BCUT2D eigenvalue weighted by Gasteiger charge is 2.21. The molecule has 1 rings (SSSR count). The summed E-state index contributed by atoms with van der Waals surface area (Å²) in [7, 11) is 1.85. The van der Waals surface area contributed by atoms with Crippen molar-refractivity contribution in [2.75, 3.05) is 11.9 Å². The molecule has 0 bridgehead atoms. The van der Waals surface area contributed by atoms with E-state index in [2.05, 4.69) is 13.8 Å². The number of carbonyl (C=O) groups is 1. The van der Waals surface area contributed by atoms with Crippen molar-refractivity contribution in [3.05, 3.63) is 29.8 Å². The molecule has 106 valence electrons. The van der Waals surface area contributed by atoms with Crippen LogP contribution in [-0.2, 0) is 11.3 Å². The fourth-order valence-corrected chi connectivity index (χ4v) is 2.36. The van der Waals surface area contributed by atoms with Crippen molar-refractivity contribution in [1.29, 1.82) is 0 Å². The third kappa shape index (κ3) is 4.06.